The van der Waals surface area contributed by atoms with E-state index in [9.17, 15) is 14.0 Å². The van der Waals surface area contributed by atoms with Crippen LogP contribution in [0.15, 0.2) is 42.5 Å². The summed E-state index contributed by atoms with van der Waals surface area (Å²) in [5.74, 6) is -0.356. The zero-order chi connectivity index (χ0) is 20.1. The third kappa shape index (κ3) is 4.60. The van der Waals surface area contributed by atoms with E-state index in [1.54, 1.807) is 37.3 Å². The molecule has 0 bridgehead atoms. The molecule has 28 heavy (non-hydrogen) atoms. The lowest BCUT2D eigenvalue weighted by atomic mass is 10.1. The van der Waals surface area contributed by atoms with Crippen LogP contribution in [0.2, 0.25) is 0 Å². The fraction of sp³-hybridized carbons (Fsp3) is 0.333. The van der Waals surface area contributed by atoms with Crippen molar-refractivity contribution in [2.75, 3.05) is 25.5 Å². The summed E-state index contributed by atoms with van der Waals surface area (Å²) in [5.41, 5.74) is 1.69. The second-order valence-electron chi connectivity index (χ2n) is 6.79. The lowest BCUT2D eigenvalue weighted by Gasteiger charge is -2.17. The second kappa shape index (κ2) is 8.73. The van der Waals surface area contributed by atoms with Crippen LogP contribution in [0.1, 0.15) is 41.7 Å². The van der Waals surface area contributed by atoms with Gasteiger partial charge in [-0.25, -0.2) is 9.18 Å². The van der Waals surface area contributed by atoms with Crippen molar-refractivity contribution >= 4 is 17.6 Å². The molecule has 7 heteroatoms. The van der Waals surface area contributed by atoms with E-state index in [1.165, 1.54) is 19.2 Å². The molecule has 0 aromatic heterocycles. The summed E-state index contributed by atoms with van der Waals surface area (Å²) >= 11 is 0. The summed E-state index contributed by atoms with van der Waals surface area (Å²) in [6.45, 7) is 3.30. The SMILES string of the molecule is COc1ccc([C@H](C)NC(=O)Nc2cccc(C(=O)N3CCCC3)c2)cc1F. The summed E-state index contributed by atoms with van der Waals surface area (Å²) in [6.07, 6.45) is 2.05. The molecule has 1 heterocycles. The largest absolute Gasteiger partial charge is 0.494 e. The molecule has 0 aliphatic carbocycles. The smallest absolute Gasteiger partial charge is 0.319 e. The number of benzene rings is 2. The summed E-state index contributed by atoms with van der Waals surface area (Å²) in [5, 5.41) is 5.49. The Kier molecular flexibility index (Phi) is 6.13. The predicted octanol–water partition coefficient (Wildman–Crippen LogP) is 3.95. The lowest BCUT2D eigenvalue weighted by Crippen LogP contribution is -2.31. The Hall–Kier alpha value is -3.09. The minimum absolute atomic E-state index is 0.0244. The highest BCUT2D eigenvalue weighted by molar-refractivity contribution is 5.97. The van der Waals surface area contributed by atoms with Crippen LogP contribution in [0.4, 0.5) is 14.9 Å². The molecule has 2 aromatic rings. The van der Waals surface area contributed by atoms with Gasteiger partial charge in [0, 0.05) is 24.3 Å². The molecule has 6 nitrogen and oxygen atoms in total. The number of likely N-dealkylation sites (tertiary alicyclic amines) is 1. The van der Waals surface area contributed by atoms with Crippen molar-refractivity contribution in [2.24, 2.45) is 0 Å². The molecule has 0 unspecified atom stereocenters. The molecule has 1 aliphatic rings. The highest BCUT2D eigenvalue weighted by Crippen LogP contribution is 2.22. The molecular formula is C21H24FN3O3. The Balaban J connectivity index is 1.62. The summed E-state index contributed by atoms with van der Waals surface area (Å²) in [7, 11) is 1.40. The number of carbonyl (C=O) groups is 2. The number of anilines is 1. The molecule has 1 atom stereocenters. The molecule has 2 N–H and O–H groups in total. The van der Waals surface area contributed by atoms with Crippen LogP contribution >= 0.6 is 0 Å². The first-order chi connectivity index (χ1) is 13.5. The topological polar surface area (TPSA) is 70.7 Å². The van der Waals surface area contributed by atoms with Crippen molar-refractivity contribution in [3.05, 3.63) is 59.4 Å². The normalized spacial score (nSPS) is 14.5. The number of urea groups is 1. The van der Waals surface area contributed by atoms with E-state index in [1.807, 2.05) is 4.90 Å². The summed E-state index contributed by atoms with van der Waals surface area (Å²) in [4.78, 5) is 26.6. The number of amides is 3. The number of nitrogens with one attached hydrogen (secondary N) is 2. The highest BCUT2D eigenvalue weighted by atomic mass is 19.1. The van der Waals surface area contributed by atoms with Crippen LogP contribution < -0.4 is 15.4 Å². The van der Waals surface area contributed by atoms with Crippen molar-refractivity contribution in [3.63, 3.8) is 0 Å². The third-order valence-electron chi connectivity index (χ3n) is 4.78. The van der Waals surface area contributed by atoms with Gasteiger partial charge in [-0.2, -0.15) is 0 Å². The zero-order valence-electron chi connectivity index (χ0n) is 16.0. The van der Waals surface area contributed by atoms with E-state index >= 15 is 0 Å². The van der Waals surface area contributed by atoms with Crippen molar-refractivity contribution in [1.82, 2.24) is 10.2 Å². The molecule has 1 aliphatic heterocycles. The third-order valence-corrected chi connectivity index (χ3v) is 4.78. The number of rotatable bonds is 5. The van der Waals surface area contributed by atoms with Gasteiger partial charge in [0.2, 0.25) is 0 Å². The molecule has 1 saturated heterocycles. The zero-order valence-corrected chi connectivity index (χ0v) is 16.0. The number of hydrogen-bond acceptors (Lipinski definition) is 3. The molecule has 3 amide bonds. The number of ether oxygens (including phenoxy) is 1. The molecule has 0 spiro atoms. The van der Waals surface area contributed by atoms with Crippen LogP contribution in [0, 0.1) is 5.82 Å². The molecule has 2 aromatic carbocycles. The number of halogens is 1. The maximum absolute atomic E-state index is 13.9. The number of carbonyl (C=O) groups excluding carboxylic acids is 2. The monoisotopic (exact) mass is 385 g/mol. The van der Waals surface area contributed by atoms with Gasteiger partial charge in [-0.1, -0.05) is 12.1 Å². The maximum atomic E-state index is 13.9. The van der Waals surface area contributed by atoms with Gasteiger partial charge in [0.25, 0.3) is 5.91 Å². The van der Waals surface area contributed by atoms with E-state index in [0.29, 0.717) is 16.8 Å². The second-order valence-corrected chi connectivity index (χ2v) is 6.79. The van der Waals surface area contributed by atoms with Gasteiger partial charge >= 0.3 is 6.03 Å². The maximum Gasteiger partial charge on any atom is 0.319 e. The Morgan fingerprint density at radius 1 is 1.14 bits per heavy atom. The minimum atomic E-state index is -0.484. The van der Waals surface area contributed by atoms with Crippen LogP contribution in [-0.2, 0) is 0 Å². The van der Waals surface area contributed by atoms with Gasteiger partial charge in [-0.15, -0.1) is 0 Å². The summed E-state index contributed by atoms with van der Waals surface area (Å²) in [6, 6.07) is 10.6. The molecule has 0 saturated carbocycles. The molecule has 148 valence electrons. The van der Waals surface area contributed by atoms with E-state index < -0.39 is 17.9 Å². The molecule has 1 fully saturated rings. The minimum Gasteiger partial charge on any atom is -0.494 e. The van der Waals surface area contributed by atoms with Crippen molar-refractivity contribution in [1.29, 1.82) is 0 Å². The predicted molar refractivity (Wildman–Crippen MR) is 105 cm³/mol. The van der Waals surface area contributed by atoms with E-state index in [4.69, 9.17) is 4.74 Å². The Bertz CT molecular complexity index is 866. The first kappa shape index (κ1) is 19.7. The molecule has 0 radical (unpaired) electrons. The van der Waals surface area contributed by atoms with Gasteiger partial charge in [-0.05, 0) is 55.7 Å². The van der Waals surface area contributed by atoms with Gasteiger partial charge in [0.1, 0.15) is 0 Å². The number of methoxy groups -OCH3 is 1. The first-order valence-electron chi connectivity index (χ1n) is 9.28. The number of hydrogen-bond donors (Lipinski definition) is 2. The Morgan fingerprint density at radius 3 is 2.57 bits per heavy atom. The number of nitrogens with zero attached hydrogens (tertiary/aromatic N) is 1. The van der Waals surface area contributed by atoms with Crippen LogP contribution in [0.25, 0.3) is 0 Å². The van der Waals surface area contributed by atoms with Gasteiger partial charge in [-0.3, -0.25) is 4.79 Å². The van der Waals surface area contributed by atoms with Gasteiger partial charge < -0.3 is 20.3 Å². The highest BCUT2D eigenvalue weighted by Gasteiger charge is 2.20. The molecular weight excluding hydrogens is 361 g/mol. The lowest BCUT2D eigenvalue weighted by molar-refractivity contribution is 0.0793. The van der Waals surface area contributed by atoms with Crippen LogP contribution in [-0.4, -0.2) is 37.0 Å². The van der Waals surface area contributed by atoms with Crippen molar-refractivity contribution in [2.45, 2.75) is 25.8 Å². The van der Waals surface area contributed by atoms with Crippen LogP contribution in [0.5, 0.6) is 5.75 Å². The first-order valence-corrected chi connectivity index (χ1v) is 9.28. The summed E-state index contributed by atoms with van der Waals surface area (Å²) < 4.78 is 18.8. The molecule has 3 rings (SSSR count). The van der Waals surface area contributed by atoms with E-state index in [0.717, 1.165) is 25.9 Å². The quantitative estimate of drug-likeness (QED) is 0.819. The van der Waals surface area contributed by atoms with Crippen molar-refractivity contribution < 1.29 is 18.7 Å². The van der Waals surface area contributed by atoms with E-state index in [2.05, 4.69) is 10.6 Å². The average molecular weight is 385 g/mol. The van der Waals surface area contributed by atoms with Crippen molar-refractivity contribution in [3.8, 4) is 5.75 Å². The fourth-order valence-electron chi connectivity index (χ4n) is 3.23. The van der Waals surface area contributed by atoms with Crippen LogP contribution in [0.3, 0.4) is 0 Å². The Morgan fingerprint density at radius 2 is 1.89 bits per heavy atom. The Labute approximate surface area is 163 Å². The standard InChI is InChI=1S/C21H24FN3O3/c1-14(15-8-9-19(28-2)18(22)13-15)23-21(27)24-17-7-5-6-16(12-17)20(26)25-10-3-4-11-25/h5-9,12-14H,3-4,10-11H2,1-2H3,(H2,23,24,27)/t14-/m0/s1. The van der Waals surface area contributed by atoms with Gasteiger partial charge in [0.05, 0.1) is 13.2 Å². The fourth-order valence-corrected chi connectivity index (χ4v) is 3.23. The van der Waals surface area contributed by atoms with Gasteiger partial charge in [0.15, 0.2) is 11.6 Å². The van der Waals surface area contributed by atoms with E-state index in [-0.39, 0.29) is 11.7 Å². The average Bonchev–Trinajstić information content (AvgIpc) is 3.22.